The molecule has 2 N–H and O–H groups in total. The summed E-state index contributed by atoms with van der Waals surface area (Å²) in [5.74, 6) is 0.0475. The highest BCUT2D eigenvalue weighted by atomic mass is 32.2. The molecule has 18 heavy (non-hydrogen) atoms. The summed E-state index contributed by atoms with van der Waals surface area (Å²) in [6.07, 6.45) is 2.42. The maximum absolute atomic E-state index is 12.2. The van der Waals surface area contributed by atoms with E-state index in [1.807, 2.05) is 6.92 Å². The van der Waals surface area contributed by atoms with Crippen LogP contribution in [-0.4, -0.2) is 49.0 Å². The van der Waals surface area contributed by atoms with Gasteiger partial charge in [0.15, 0.2) is 0 Å². The van der Waals surface area contributed by atoms with Gasteiger partial charge < -0.3 is 10.5 Å². The maximum atomic E-state index is 12.2. The lowest BCUT2D eigenvalue weighted by atomic mass is 10.6. The SMILES string of the molecule is CCOCCN(CC)S(=O)(=O)c1cnc(N)nc1. The minimum Gasteiger partial charge on any atom is -0.380 e. The van der Waals surface area contributed by atoms with Gasteiger partial charge in [-0.1, -0.05) is 6.92 Å². The van der Waals surface area contributed by atoms with Gasteiger partial charge in [0.1, 0.15) is 4.90 Å². The van der Waals surface area contributed by atoms with Gasteiger partial charge in [0.25, 0.3) is 0 Å². The van der Waals surface area contributed by atoms with E-state index in [1.54, 1.807) is 6.92 Å². The Labute approximate surface area is 107 Å². The molecule has 0 saturated carbocycles. The number of ether oxygens (including phenoxy) is 1. The Morgan fingerprint density at radius 3 is 2.44 bits per heavy atom. The van der Waals surface area contributed by atoms with Crippen LogP contribution in [0.1, 0.15) is 13.8 Å². The fourth-order valence-electron chi connectivity index (χ4n) is 1.37. The molecule has 0 aliphatic heterocycles. The summed E-state index contributed by atoms with van der Waals surface area (Å²) in [6, 6.07) is 0. The van der Waals surface area contributed by atoms with Gasteiger partial charge in [0.05, 0.1) is 19.0 Å². The summed E-state index contributed by atoms with van der Waals surface area (Å²) < 4.78 is 30.9. The van der Waals surface area contributed by atoms with Crippen LogP contribution in [0.3, 0.4) is 0 Å². The smallest absolute Gasteiger partial charge is 0.246 e. The van der Waals surface area contributed by atoms with E-state index in [9.17, 15) is 8.42 Å². The molecule has 0 aliphatic carbocycles. The number of nitrogens with two attached hydrogens (primary N) is 1. The molecule has 0 bridgehead atoms. The van der Waals surface area contributed by atoms with Crippen LogP contribution >= 0.6 is 0 Å². The molecule has 0 fully saturated rings. The van der Waals surface area contributed by atoms with Gasteiger partial charge in [-0.15, -0.1) is 0 Å². The number of hydrogen-bond acceptors (Lipinski definition) is 6. The summed E-state index contributed by atoms with van der Waals surface area (Å²) in [5, 5.41) is 0. The molecule has 7 nitrogen and oxygen atoms in total. The number of likely N-dealkylation sites (N-methyl/N-ethyl adjacent to an activating group) is 1. The van der Waals surface area contributed by atoms with Crippen LogP contribution in [0, 0.1) is 0 Å². The van der Waals surface area contributed by atoms with Crippen molar-refractivity contribution in [3.8, 4) is 0 Å². The topological polar surface area (TPSA) is 98.4 Å². The number of aromatic nitrogens is 2. The third-order valence-corrected chi connectivity index (χ3v) is 4.25. The number of anilines is 1. The van der Waals surface area contributed by atoms with Crippen molar-refractivity contribution in [2.75, 3.05) is 32.0 Å². The van der Waals surface area contributed by atoms with Crippen LogP contribution in [0.2, 0.25) is 0 Å². The van der Waals surface area contributed by atoms with E-state index in [-0.39, 0.29) is 10.8 Å². The molecule has 0 saturated heterocycles. The van der Waals surface area contributed by atoms with E-state index < -0.39 is 10.0 Å². The molecule has 1 heterocycles. The Kier molecular flexibility index (Phi) is 5.45. The minimum atomic E-state index is -3.58. The second-order valence-electron chi connectivity index (χ2n) is 3.47. The number of nitrogens with zero attached hydrogens (tertiary/aromatic N) is 3. The van der Waals surface area contributed by atoms with Gasteiger partial charge in [-0.25, -0.2) is 18.4 Å². The summed E-state index contributed by atoms with van der Waals surface area (Å²) in [5.41, 5.74) is 5.33. The first-order chi connectivity index (χ1) is 8.52. The predicted octanol–water partition coefficient (Wildman–Crippen LogP) is 0.106. The van der Waals surface area contributed by atoms with Gasteiger partial charge in [-0.05, 0) is 6.92 Å². The van der Waals surface area contributed by atoms with Crippen molar-refractivity contribution < 1.29 is 13.2 Å². The quantitative estimate of drug-likeness (QED) is 0.708. The first-order valence-corrected chi connectivity index (χ1v) is 7.11. The first kappa shape index (κ1) is 14.8. The average Bonchev–Trinajstić information content (AvgIpc) is 2.35. The largest absolute Gasteiger partial charge is 0.380 e. The van der Waals surface area contributed by atoms with E-state index >= 15 is 0 Å². The zero-order valence-electron chi connectivity index (χ0n) is 10.5. The highest BCUT2D eigenvalue weighted by Gasteiger charge is 2.23. The fourth-order valence-corrected chi connectivity index (χ4v) is 2.69. The van der Waals surface area contributed by atoms with E-state index in [4.69, 9.17) is 10.5 Å². The lowest BCUT2D eigenvalue weighted by Gasteiger charge is -2.19. The van der Waals surface area contributed by atoms with Crippen molar-refractivity contribution >= 4 is 16.0 Å². The highest BCUT2D eigenvalue weighted by Crippen LogP contribution is 2.13. The number of sulfonamides is 1. The number of nitrogen functional groups attached to an aromatic ring is 1. The monoisotopic (exact) mass is 274 g/mol. The molecule has 0 aromatic carbocycles. The normalized spacial score (nSPS) is 11.9. The van der Waals surface area contributed by atoms with Crippen LogP contribution in [0.25, 0.3) is 0 Å². The summed E-state index contributed by atoms with van der Waals surface area (Å²) in [4.78, 5) is 7.41. The first-order valence-electron chi connectivity index (χ1n) is 5.67. The number of rotatable bonds is 7. The van der Waals surface area contributed by atoms with Crippen LogP contribution in [-0.2, 0) is 14.8 Å². The molecule has 0 amide bonds. The molecule has 1 aromatic heterocycles. The van der Waals surface area contributed by atoms with E-state index in [0.717, 1.165) is 0 Å². The lowest BCUT2D eigenvalue weighted by Crippen LogP contribution is -2.34. The van der Waals surface area contributed by atoms with Gasteiger partial charge >= 0.3 is 0 Å². The van der Waals surface area contributed by atoms with Gasteiger partial charge in [-0.2, -0.15) is 4.31 Å². The zero-order chi connectivity index (χ0) is 13.6. The Morgan fingerprint density at radius 2 is 1.94 bits per heavy atom. The molecule has 1 aromatic rings. The Hall–Kier alpha value is -1.25. The van der Waals surface area contributed by atoms with Gasteiger partial charge in [0, 0.05) is 19.7 Å². The van der Waals surface area contributed by atoms with Crippen LogP contribution in [0.15, 0.2) is 17.3 Å². The van der Waals surface area contributed by atoms with Crippen molar-refractivity contribution in [1.82, 2.24) is 14.3 Å². The Bertz CT molecular complexity index is 461. The molecular formula is C10H18N4O3S. The highest BCUT2D eigenvalue weighted by molar-refractivity contribution is 7.89. The molecule has 0 aliphatic rings. The fraction of sp³-hybridized carbons (Fsp3) is 0.600. The summed E-state index contributed by atoms with van der Waals surface area (Å²) >= 11 is 0. The standard InChI is InChI=1S/C10H18N4O3S/c1-3-14(5-6-17-4-2)18(15,16)9-7-12-10(11)13-8-9/h7-8H,3-6H2,1-2H3,(H2,11,12,13). The Morgan fingerprint density at radius 1 is 1.33 bits per heavy atom. The molecule has 0 spiro atoms. The van der Waals surface area contributed by atoms with Gasteiger partial charge in [0.2, 0.25) is 16.0 Å². The zero-order valence-corrected chi connectivity index (χ0v) is 11.4. The molecule has 0 atom stereocenters. The lowest BCUT2D eigenvalue weighted by molar-refractivity contribution is 0.135. The maximum Gasteiger partial charge on any atom is 0.246 e. The summed E-state index contributed by atoms with van der Waals surface area (Å²) in [6.45, 7) is 5.21. The van der Waals surface area contributed by atoms with Crippen molar-refractivity contribution in [2.45, 2.75) is 18.7 Å². The van der Waals surface area contributed by atoms with Crippen LogP contribution < -0.4 is 5.73 Å². The van der Waals surface area contributed by atoms with E-state index in [1.165, 1.54) is 16.7 Å². The number of hydrogen-bond donors (Lipinski definition) is 1. The molecule has 1 rings (SSSR count). The van der Waals surface area contributed by atoms with Crippen molar-refractivity contribution in [1.29, 1.82) is 0 Å². The second kappa shape index (κ2) is 6.62. The molecule has 0 unspecified atom stereocenters. The molecule has 8 heteroatoms. The van der Waals surface area contributed by atoms with Crippen LogP contribution in [0.5, 0.6) is 0 Å². The van der Waals surface area contributed by atoms with E-state index in [2.05, 4.69) is 9.97 Å². The van der Waals surface area contributed by atoms with Crippen LogP contribution in [0.4, 0.5) is 5.95 Å². The predicted molar refractivity (Wildman–Crippen MR) is 67.4 cm³/mol. The second-order valence-corrected chi connectivity index (χ2v) is 5.41. The molecule has 102 valence electrons. The summed E-state index contributed by atoms with van der Waals surface area (Å²) in [7, 11) is -3.58. The van der Waals surface area contributed by atoms with Crippen molar-refractivity contribution in [2.24, 2.45) is 0 Å². The third-order valence-electron chi connectivity index (χ3n) is 2.33. The van der Waals surface area contributed by atoms with E-state index in [0.29, 0.717) is 26.3 Å². The average molecular weight is 274 g/mol. The van der Waals surface area contributed by atoms with Crippen molar-refractivity contribution in [3.63, 3.8) is 0 Å². The molecular weight excluding hydrogens is 256 g/mol. The van der Waals surface area contributed by atoms with Crippen molar-refractivity contribution in [3.05, 3.63) is 12.4 Å². The Balaban J connectivity index is 2.85. The van der Waals surface area contributed by atoms with Gasteiger partial charge in [-0.3, -0.25) is 0 Å². The molecule has 0 radical (unpaired) electrons. The third kappa shape index (κ3) is 3.62. The minimum absolute atomic E-state index is 0.0371.